The first-order valence-electron chi connectivity index (χ1n) is 5.78. The summed E-state index contributed by atoms with van der Waals surface area (Å²) in [5, 5.41) is 9.46. The summed E-state index contributed by atoms with van der Waals surface area (Å²) in [5.74, 6) is -0.0844. The number of nitrogens with two attached hydrogens (primary N) is 1. The van der Waals surface area contributed by atoms with Crippen molar-refractivity contribution in [3.05, 3.63) is 29.8 Å². The number of hydrogen-bond acceptors (Lipinski definition) is 5. The second kappa shape index (κ2) is 5.21. The third-order valence-corrected chi connectivity index (χ3v) is 6.18. The van der Waals surface area contributed by atoms with Gasteiger partial charge < -0.3 is 10.8 Å². The summed E-state index contributed by atoms with van der Waals surface area (Å²) in [6, 6.07) is 7.65. The Morgan fingerprint density at radius 3 is 2.72 bits per heavy atom. The van der Waals surface area contributed by atoms with Crippen LogP contribution in [0, 0.1) is 0 Å². The van der Waals surface area contributed by atoms with E-state index < -0.39 is 15.9 Å². The molecule has 3 unspecified atom stereocenters. The fourth-order valence-electron chi connectivity index (χ4n) is 1.96. The molecule has 0 amide bonds. The lowest BCUT2D eigenvalue weighted by molar-refractivity contribution is 0.207. The molecular weight excluding hydrogens is 270 g/mol. The Labute approximate surface area is 111 Å². The van der Waals surface area contributed by atoms with Crippen LogP contribution in [0.15, 0.2) is 29.2 Å². The smallest absolute Gasteiger partial charge is 0.154 e. The van der Waals surface area contributed by atoms with E-state index in [9.17, 15) is 13.5 Å². The summed E-state index contributed by atoms with van der Waals surface area (Å²) in [6.45, 7) is 1.90. The van der Waals surface area contributed by atoms with Crippen molar-refractivity contribution in [2.45, 2.75) is 29.2 Å². The van der Waals surface area contributed by atoms with Gasteiger partial charge in [0, 0.05) is 10.9 Å². The fraction of sp³-hybridized carbons (Fsp3) is 0.500. The van der Waals surface area contributed by atoms with E-state index in [1.54, 1.807) is 0 Å². The van der Waals surface area contributed by atoms with Crippen LogP contribution in [-0.4, -0.2) is 36.4 Å². The van der Waals surface area contributed by atoms with Crippen LogP contribution in [0.4, 0.5) is 0 Å². The van der Waals surface area contributed by atoms with E-state index in [-0.39, 0.29) is 22.8 Å². The predicted octanol–water partition coefficient (Wildman–Crippen LogP) is 0.956. The molecule has 0 spiro atoms. The van der Waals surface area contributed by atoms with Gasteiger partial charge in [-0.1, -0.05) is 12.1 Å². The molecule has 3 atom stereocenters. The molecule has 0 aromatic heterocycles. The Balaban J connectivity index is 2.13. The van der Waals surface area contributed by atoms with Gasteiger partial charge in [0.15, 0.2) is 9.84 Å². The molecule has 1 fully saturated rings. The van der Waals surface area contributed by atoms with Crippen molar-refractivity contribution in [1.82, 2.24) is 0 Å². The van der Waals surface area contributed by atoms with E-state index in [1.807, 2.05) is 31.2 Å². The van der Waals surface area contributed by atoms with Gasteiger partial charge in [-0.05, 0) is 24.6 Å². The number of benzene rings is 1. The molecule has 0 saturated carbocycles. The lowest BCUT2D eigenvalue weighted by Gasteiger charge is -2.13. The van der Waals surface area contributed by atoms with Crippen LogP contribution in [0.25, 0.3) is 0 Å². The van der Waals surface area contributed by atoms with Crippen LogP contribution in [0.3, 0.4) is 0 Å². The van der Waals surface area contributed by atoms with Gasteiger partial charge in [0.25, 0.3) is 0 Å². The minimum Gasteiger partial charge on any atom is -0.391 e. The molecule has 1 aromatic carbocycles. The SMILES string of the molecule is CC(N)c1cccc(SC2CS(=O)(=O)CC2O)c1. The first kappa shape index (κ1) is 13.9. The Morgan fingerprint density at radius 2 is 2.17 bits per heavy atom. The van der Waals surface area contributed by atoms with Crippen LogP contribution in [0.2, 0.25) is 0 Å². The summed E-state index contributed by atoms with van der Waals surface area (Å²) >= 11 is 1.41. The molecule has 2 rings (SSSR count). The van der Waals surface area contributed by atoms with E-state index in [4.69, 9.17) is 5.73 Å². The highest BCUT2D eigenvalue weighted by atomic mass is 32.2. The molecule has 1 aliphatic rings. The summed E-state index contributed by atoms with van der Waals surface area (Å²) < 4.78 is 22.8. The number of thioether (sulfide) groups is 1. The van der Waals surface area contributed by atoms with Crippen molar-refractivity contribution >= 4 is 21.6 Å². The van der Waals surface area contributed by atoms with Gasteiger partial charge in [-0.2, -0.15) is 0 Å². The van der Waals surface area contributed by atoms with Gasteiger partial charge in [0.2, 0.25) is 0 Å². The zero-order chi connectivity index (χ0) is 13.3. The van der Waals surface area contributed by atoms with E-state index in [0.29, 0.717) is 0 Å². The molecule has 100 valence electrons. The lowest BCUT2D eigenvalue weighted by Crippen LogP contribution is -2.19. The summed E-state index contributed by atoms with van der Waals surface area (Å²) in [5.41, 5.74) is 6.82. The largest absolute Gasteiger partial charge is 0.391 e. The van der Waals surface area contributed by atoms with Gasteiger partial charge in [-0.15, -0.1) is 11.8 Å². The number of rotatable bonds is 3. The standard InChI is InChI=1S/C12H17NO3S2/c1-8(13)9-3-2-4-10(5-9)17-12-7-18(15,16)6-11(12)14/h2-5,8,11-12,14H,6-7,13H2,1H3. The zero-order valence-corrected chi connectivity index (χ0v) is 11.7. The average molecular weight is 287 g/mol. The molecule has 1 heterocycles. The fourth-order valence-corrected chi connectivity index (χ4v) is 5.55. The quantitative estimate of drug-likeness (QED) is 0.865. The number of aliphatic hydroxyl groups excluding tert-OH is 1. The van der Waals surface area contributed by atoms with Crippen molar-refractivity contribution in [3.63, 3.8) is 0 Å². The topological polar surface area (TPSA) is 80.4 Å². The Kier molecular flexibility index (Phi) is 4.01. The molecule has 3 N–H and O–H groups in total. The second-order valence-electron chi connectivity index (χ2n) is 4.66. The molecule has 1 aliphatic heterocycles. The minimum absolute atomic E-state index is 0.0429. The number of aliphatic hydroxyl groups is 1. The van der Waals surface area contributed by atoms with Crippen molar-refractivity contribution in [2.24, 2.45) is 5.73 Å². The highest BCUT2D eigenvalue weighted by molar-refractivity contribution is 8.02. The molecule has 0 radical (unpaired) electrons. The van der Waals surface area contributed by atoms with Gasteiger partial charge in [0.1, 0.15) is 0 Å². The first-order valence-corrected chi connectivity index (χ1v) is 8.48. The molecule has 0 bridgehead atoms. The van der Waals surface area contributed by atoms with Gasteiger partial charge >= 0.3 is 0 Å². The maximum Gasteiger partial charge on any atom is 0.154 e. The summed E-state index contributed by atoms with van der Waals surface area (Å²) in [6.07, 6.45) is -0.779. The van der Waals surface area contributed by atoms with Crippen LogP contribution in [0.1, 0.15) is 18.5 Å². The molecule has 4 nitrogen and oxygen atoms in total. The molecular formula is C12H17NO3S2. The van der Waals surface area contributed by atoms with E-state index >= 15 is 0 Å². The molecule has 6 heteroatoms. The van der Waals surface area contributed by atoms with Crippen LogP contribution in [0.5, 0.6) is 0 Å². The third kappa shape index (κ3) is 3.26. The first-order chi connectivity index (χ1) is 8.37. The van der Waals surface area contributed by atoms with Crippen molar-refractivity contribution in [2.75, 3.05) is 11.5 Å². The summed E-state index contributed by atoms with van der Waals surface area (Å²) in [7, 11) is -3.09. The molecule has 0 aliphatic carbocycles. The second-order valence-corrected chi connectivity index (χ2v) is 8.13. The Bertz CT molecular complexity index is 528. The van der Waals surface area contributed by atoms with Crippen LogP contribution < -0.4 is 5.73 Å². The number of hydrogen-bond donors (Lipinski definition) is 2. The monoisotopic (exact) mass is 287 g/mol. The lowest BCUT2D eigenvalue weighted by atomic mass is 10.1. The maximum atomic E-state index is 11.4. The van der Waals surface area contributed by atoms with E-state index in [0.717, 1.165) is 10.5 Å². The van der Waals surface area contributed by atoms with Crippen molar-refractivity contribution < 1.29 is 13.5 Å². The Morgan fingerprint density at radius 1 is 1.44 bits per heavy atom. The Hall–Kier alpha value is -0.560. The zero-order valence-electron chi connectivity index (χ0n) is 10.1. The van der Waals surface area contributed by atoms with Gasteiger partial charge in [0.05, 0.1) is 22.9 Å². The van der Waals surface area contributed by atoms with Crippen molar-refractivity contribution in [3.8, 4) is 0 Å². The van der Waals surface area contributed by atoms with Gasteiger partial charge in [-0.3, -0.25) is 0 Å². The molecule has 1 aromatic rings. The van der Waals surface area contributed by atoms with Gasteiger partial charge in [-0.25, -0.2) is 8.42 Å². The van der Waals surface area contributed by atoms with Crippen LogP contribution in [-0.2, 0) is 9.84 Å². The highest BCUT2D eigenvalue weighted by Gasteiger charge is 2.36. The third-order valence-electron chi connectivity index (χ3n) is 2.94. The maximum absolute atomic E-state index is 11.4. The van der Waals surface area contributed by atoms with E-state index in [1.165, 1.54) is 11.8 Å². The summed E-state index contributed by atoms with van der Waals surface area (Å²) in [4.78, 5) is 0.950. The van der Waals surface area contributed by atoms with E-state index in [2.05, 4.69) is 0 Å². The van der Waals surface area contributed by atoms with Crippen molar-refractivity contribution in [1.29, 1.82) is 0 Å². The number of sulfone groups is 1. The molecule has 1 saturated heterocycles. The van der Waals surface area contributed by atoms with Crippen LogP contribution >= 0.6 is 11.8 Å². The average Bonchev–Trinajstić information content (AvgIpc) is 2.52. The molecule has 18 heavy (non-hydrogen) atoms. The minimum atomic E-state index is -3.09. The highest BCUT2D eigenvalue weighted by Crippen LogP contribution is 2.32. The predicted molar refractivity (Wildman–Crippen MR) is 73.4 cm³/mol. The normalized spacial score (nSPS) is 28.2.